The lowest BCUT2D eigenvalue weighted by Gasteiger charge is -2.32. The molecule has 1 aromatic carbocycles. The fraction of sp³-hybridized carbons (Fsp3) is 0.200. The molecule has 31 heavy (non-hydrogen) atoms. The van der Waals surface area contributed by atoms with E-state index < -0.39 is 28.2 Å². The second-order valence-electron chi connectivity index (χ2n) is 7.02. The molecule has 1 saturated heterocycles. The van der Waals surface area contributed by atoms with Gasteiger partial charge in [-0.1, -0.05) is 29.8 Å². The Labute approximate surface area is 180 Å². The molecule has 0 bridgehead atoms. The first kappa shape index (κ1) is 20.6. The molecule has 0 spiro atoms. The molecule has 3 heterocycles. The Morgan fingerprint density at radius 1 is 1.32 bits per heavy atom. The second-order valence-corrected chi connectivity index (χ2v) is 7.40. The van der Waals surface area contributed by atoms with E-state index in [4.69, 9.17) is 17.3 Å². The molecule has 2 N–H and O–H groups in total. The number of pyridine rings is 1. The summed E-state index contributed by atoms with van der Waals surface area (Å²) in [6, 6.07) is 8.55. The van der Waals surface area contributed by atoms with Crippen molar-refractivity contribution in [3.05, 3.63) is 97.5 Å². The van der Waals surface area contributed by atoms with Gasteiger partial charge in [-0.25, -0.2) is 13.8 Å². The normalized spacial score (nSPS) is 18.3. The summed E-state index contributed by atoms with van der Waals surface area (Å²) >= 11 is 5.82. The quantitative estimate of drug-likeness (QED) is 0.438. The molecule has 158 valence electrons. The number of hydrogen-bond acceptors (Lipinski definition) is 7. The van der Waals surface area contributed by atoms with Crippen molar-refractivity contribution in [3.63, 3.8) is 0 Å². The maximum Gasteiger partial charge on any atom is 0.299 e. The van der Waals surface area contributed by atoms with Gasteiger partial charge in [0, 0.05) is 31.4 Å². The highest BCUT2D eigenvalue weighted by atomic mass is 35.5. The zero-order valence-electron chi connectivity index (χ0n) is 15.9. The number of fused-ring (bicyclic) bond motifs is 1. The topological polar surface area (TPSA) is 112 Å². The van der Waals surface area contributed by atoms with E-state index in [9.17, 15) is 24.2 Å². The third-order valence-corrected chi connectivity index (χ3v) is 5.50. The van der Waals surface area contributed by atoms with E-state index in [1.807, 2.05) is 6.07 Å². The molecule has 2 aromatic rings. The highest BCUT2D eigenvalue weighted by Gasteiger charge is 2.48. The van der Waals surface area contributed by atoms with Gasteiger partial charge in [0.2, 0.25) is 0 Å². The van der Waals surface area contributed by atoms with E-state index in [1.54, 1.807) is 23.2 Å². The van der Waals surface area contributed by atoms with E-state index >= 15 is 0 Å². The number of aromatic nitrogens is 1. The fourth-order valence-electron chi connectivity index (χ4n) is 3.93. The molecule has 0 radical (unpaired) electrons. The van der Waals surface area contributed by atoms with Crippen LogP contribution in [0.3, 0.4) is 0 Å². The smallest absolute Gasteiger partial charge is 0.299 e. The number of nitriles is 1. The summed E-state index contributed by atoms with van der Waals surface area (Å²) in [6.45, 7) is 0.914. The number of allylic oxidation sites excluding steroid dienone is 1. The van der Waals surface area contributed by atoms with Crippen LogP contribution in [0.4, 0.5) is 8.78 Å². The molecule has 1 aromatic heterocycles. The van der Waals surface area contributed by atoms with Gasteiger partial charge in [-0.2, -0.15) is 5.26 Å². The molecular formula is C20H15ClF2N6O2. The number of halogens is 3. The summed E-state index contributed by atoms with van der Waals surface area (Å²) in [5.74, 6) is -3.75. The van der Waals surface area contributed by atoms with Crippen LogP contribution in [0.1, 0.15) is 17.0 Å². The van der Waals surface area contributed by atoms with E-state index in [0.29, 0.717) is 18.2 Å². The van der Waals surface area contributed by atoms with Gasteiger partial charge in [0.15, 0.2) is 17.5 Å². The molecule has 0 aliphatic carbocycles. The minimum atomic E-state index is -1.45. The minimum absolute atomic E-state index is 0.0199. The number of benzene rings is 1. The van der Waals surface area contributed by atoms with Crippen molar-refractivity contribution in [2.45, 2.75) is 12.5 Å². The number of nitro groups is 1. The van der Waals surface area contributed by atoms with Gasteiger partial charge in [-0.15, -0.1) is 0 Å². The third kappa shape index (κ3) is 3.43. The second kappa shape index (κ2) is 7.85. The molecule has 4 rings (SSSR count). The minimum Gasteiger partial charge on any atom is -0.384 e. The van der Waals surface area contributed by atoms with Gasteiger partial charge in [-0.3, -0.25) is 10.1 Å². The van der Waals surface area contributed by atoms with E-state index in [-0.39, 0.29) is 29.3 Å². The Hall–Kier alpha value is -3.71. The van der Waals surface area contributed by atoms with Crippen molar-refractivity contribution in [1.82, 2.24) is 14.8 Å². The summed E-state index contributed by atoms with van der Waals surface area (Å²) < 4.78 is 28.6. The van der Waals surface area contributed by atoms with E-state index in [1.165, 1.54) is 17.0 Å². The average molecular weight is 445 g/mol. The Balaban J connectivity index is 1.88. The number of nitrogens with zero attached hydrogens (tertiary/aromatic N) is 5. The Bertz CT molecular complexity index is 1180. The summed E-state index contributed by atoms with van der Waals surface area (Å²) in [4.78, 5) is 18.7. The van der Waals surface area contributed by atoms with Crippen molar-refractivity contribution in [1.29, 1.82) is 5.26 Å². The third-order valence-electron chi connectivity index (χ3n) is 5.28. The molecular weight excluding hydrogens is 430 g/mol. The first-order chi connectivity index (χ1) is 14.8. The molecule has 0 amide bonds. The van der Waals surface area contributed by atoms with Crippen molar-refractivity contribution >= 4 is 11.6 Å². The predicted octanol–water partition coefficient (Wildman–Crippen LogP) is 3.07. The van der Waals surface area contributed by atoms with E-state index in [2.05, 4.69) is 4.98 Å². The van der Waals surface area contributed by atoms with Gasteiger partial charge >= 0.3 is 0 Å². The van der Waals surface area contributed by atoms with Crippen molar-refractivity contribution in [2.75, 3.05) is 13.1 Å². The molecule has 2 aliphatic heterocycles. The summed E-state index contributed by atoms with van der Waals surface area (Å²) in [6.07, 6.45) is 1.55. The molecule has 11 heteroatoms. The number of rotatable bonds is 4. The average Bonchev–Trinajstić information content (AvgIpc) is 3.15. The highest BCUT2D eigenvalue weighted by Crippen LogP contribution is 2.44. The SMILES string of the molecule is N#CC1=C(N)N2CCN(Cc3ccc(Cl)nc3)C2=C([N+](=O)[O-])C1c1cccc(F)c1F. The first-order valence-electron chi connectivity index (χ1n) is 9.18. The monoisotopic (exact) mass is 444 g/mol. The van der Waals surface area contributed by atoms with Crippen molar-refractivity contribution in [3.8, 4) is 6.07 Å². The Morgan fingerprint density at radius 2 is 2.10 bits per heavy atom. The van der Waals surface area contributed by atoms with Crippen LogP contribution in [-0.2, 0) is 6.54 Å². The van der Waals surface area contributed by atoms with Crippen LogP contribution in [0.2, 0.25) is 5.15 Å². The fourth-order valence-corrected chi connectivity index (χ4v) is 4.04. The molecule has 1 atom stereocenters. The predicted molar refractivity (Wildman–Crippen MR) is 106 cm³/mol. The lowest BCUT2D eigenvalue weighted by Crippen LogP contribution is -2.37. The summed E-state index contributed by atoms with van der Waals surface area (Å²) in [7, 11) is 0. The largest absolute Gasteiger partial charge is 0.384 e. The van der Waals surface area contributed by atoms with Gasteiger partial charge in [0.25, 0.3) is 5.70 Å². The number of hydrogen-bond donors (Lipinski definition) is 1. The molecule has 8 nitrogen and oxygen atoms in total. The van der Waals surface area contributed by atoms with Crippen LogP contribution in [0, 0.1) is 33.1 Å². The molecule has 2 aliphatic rings. The first-order valence-corrected chi connectivity index (χ1v) is 9.56. The van der Waals surface area contributed by atoms with Crippen LogP contribution >= 0.6 is 11.6 Å². The summed E-state index contributed by atoms with van der Waals surface area (Å²) in [5.41, 5.74) is 5.97. The zero-order chi connectivity index (χ0) is 22.3. The van der Waals surface area contributed by atoms with Crippen LogP contribution in [0.5, 0.6) is 0 Å². The van der Waals surface area contributed by atoms with Gasteiger partial charge in [0.05, 0.1) is 16.6 Å². The van der Waals surface area contributed by atoms with Crippen LogP contribution in [-0.4, -0.2) is 32.8 Å². The molecule has 1 fully saturated rings. The highest BCUT2D eigenvalue weighted by molar-refractivity contribution is 6.29. The van der Waals surface area contributed by atoms with Crippen LogP contribution in [0.15, 0.2) is 59.4 Å². The zero-order valence-corrected chi connectivity index (χ0v) is 16.7. The van der Waals surface area contributed by atoms with Gasteiger partial charge in [0.1, 0.15) is 16.9 Å². The van der Waals surface area contributed by atoms with E-state index in [0.717, 1.165) is 11.6 Å². The number of nitrogens with two attached hydrogens (primary N) is 1. The van der Waals surface area contributed by atoms with Crippen LogP contribution < -0.4 is 5.73 Å². The van der Waals surface area contributed by atoms with Gasteiger partial charge < -0.3 is 15.5 Å². The lowest BCUT2D eigenvalue weighted by atomic mass is 9.85. The standard InChI is InChI=1S/C20H15ClF2N6O2/c21-15-5-4-11(9-26-15)10-27-6-7-28-19(25)13(8-24)16(18(20(27)28)29(30)31)12-2-1-3-14(22)17(12)23/h1-5,9,16H,6-7,10,25H2. The molecule has 1 unspecified atom stereocenters. The van der Waals surface area contributed by atoms with Crippen molar-refractivity contribution in [2.24, 2.45) is 5.73 Å². The maximum atomic E-state index is 14.6. The van der Waals surface area contributed by atoms with Crippen LogP contribution in [0.25, 0.3) is 0 Å². The van der Waals surface area contributed by atoms with Crippen molar-refractivity contribution < 1.29 is 13.7 Å². The lowest BCUT2D eigenvalue weighted by molar-refractivity contribution is -0.432. The van der Waals surface area contributed by atoms with Gasteiger partial charge in [-0.05, 0) is 17.7 Å². The maximum absolute atomic E-state index is 14.6. The Morgan fingerprint density at radius 3 is 2.74 bits per heavy atom. The summed E-state index contributed by atoms with van der Waals surface area (Å²) in [5, 5.41) is 22.2. The molecule has 0 saturated carbocycles. The Kier molecular flexibility index (Phi) is 5.20.